The molecule has 2 amide bonds. The van der Waals surface area contributed by atoms with Crippen LogP contribution in [0.2, 0.25) is 0 Å². The third-order valence-corrected chi connectivity index (χ3v) is 4.27. The summed E-state index contributed by atoms with van der Waals surface area (Å²) in [6.45, 7) is 6.98. The summed E-state index contributed by atoms with van der Waals surface area (Å²) < 4.78 is 13.9. The van der Waals surface area contributed by atoms with Crippen LogP contribution in [-0.4, -0.2) is 27.8 Å². The highest BCUT2D eigenvalue weighted by Gasteiger charge is 2.51. The van der Waals surface area contributed by atoms with Crippen molar-refractivity contribution in [2.45, 2.75) is 51.7 Å². The highest BCUT2D eigenvalue weighted by molar-refractivity contribution is 6.01. The van der Waals surface area contributed by atoms with Crippen LogP contribution in [-0.2, 0) is 16.1 Å². The van der Waals surface area contributed by atoms with Gasteiger partial charge in [-0.25, -0.2) is 4.39 Å². The molecule has 1 atom stereocenters. The van der Waals surface area contributed by atoms with Gasteiger partial charge in [-0.1, -0.05) is 25.1 Å². The molecule has 114 valence electrons. The van der Waals surface area contributed by atoms with E-state index in [1.165, 1.54) is 11.0 Å². The minimum absolute atomic E-state index is 0.0900. The highest BCUT2D eigenvalue weighted by atomic mass is 19.1. The largest absolute Gasteiger partial charge is 0.340 e. The molecular weight excluding hydrogens is 271 g/mol. The summed E-state index contributed by atoms with van der Waals surface area (Å²) in [6, 6.07) is 6.32. The number of halogens is 1. The van der Waals surface area contributed by atoms with Gasteiger partial charge in [0, 0.05) is 12.1 Å². The van der Waals surface area contributed by atoms with E-state index in [2.05, 4.69) is 5.32 Å². The lowest BCUT2D eigenvalue weighted by molar-refractivity contribution is -0.161. The fourth-order valence-corrected chi connectivity index (χ4v) is 2.55. The Kier molecular flexibility index (Phi) is 3.78. The van der Waals surface area contributed by atoms with Crippen LogP contribution >= 0.6 is 0 Å². The monoisotopic (exact) mass is 292 g/mol. The molecule has 4 nitrogen and oxygen atoms in total. The van der Waals surface area contributed by atoms with E-state index in [1.807, 2.05) is 6.92 Å². The van der Waals surface area contributed by atoms with Crippen LogP contribution in [0.4, 0.5) is 4.39 Å². The van der Waals surface area contributed by atoms with Crippen molar-refractivity contribution in [2.24, 2.45) is 0 Å². The Bertz CT molecular complexity index is 585. The molecule has 5 heteroatoms. The maximum absolute atomic E-state index is 13.9. The van der Waals surface area contributed by atoms with Gasteiger partial charge in [0.25, 0.3) is 0 Å². The summed E-state index contributed by atoms with van der Waals surface area (Å²) in [5.74, 6) is -0.770. The number of piperazine rings is 1. The Balaban J connectivity index is 2.43. The first-order valence-electron chi connectivity index (χ1n) is 7.10. The van der Waals surface area contributed by atoms with Crippen LogP contribution in [0.1, 0.15) is 39.7 Å². The average molecular weight is 292 g/mol. The topological polar surface area (TPSA) is 49.4 Å². The highest BCUT2D eigenvalue weighted by Crippen LogP contribution is 2.30. The smallest absolute Gasteiger partial charge is 0.248 e. The number of benzene rings is 1. The van der Waals surface area contributed by atoms with Gasteiger partial charge in [-0.05, 0) is 33.3 Å². The van der Waals surface area contributed by atoms with Gasteiger partial charge in [0.1, 0.15) is 16.9 Å². The number of nitrogens with zero attached hydrogens (tertiary/aromatic N) is 1. The van der Waals surface area contributed by atoms with Crippen molar-refractivity contribution in [3.05, 3.63) is 35.6 Å². The first kappa shape index (κ1) is 15.5. The predicted octanol–water partition coefficient (Wildman–Crippen LogP) is 2.23. The maximum atomic E-state index is 13.9. The molecule has 0 radical (unpaired) electrons. The van der Waals surface area contributed by atoms with E-state index in [1.54, 1.807) is 39.0 Å². The lowest BCUT2D eigenvalue weighted by Crippen LogP contribution is -2.72. The Hall–Kier alpha value is -1.91. The van der Waals surface area contributed by atoms with Gasteiger partial charge >= 0.3 is 0 Å². The first-order valence-corrected chi connectivity index (χ1v) is 7.10. The number of nitrogens with one attached hydrogen (secondary N) is 1. The van der Waals surface area contributed by atoms with Crippen molar-refractivity contribution in [3.8, 4) is 0 Å². The van der Waals surface area contributed by atoms with E-state index in [0.717, 1.165) is 0 Å². The number of hydrogen-bond acceptors (Lipinski definition) is 2. The van der Waals surface area contributed by atoms with Crippen LogP contribution in [0.15, 0.2) is 24.3 Å². The van der Waals surface area contributed by atoms with E-state index in [4.69, 9.17) is 0 Å². The molecule has 0 aliphatic carbocycles. The van der Waals surface area contributed by atoms with Crippen LogP contribution in [0.5, 0.6) is 0 Å². The van der Waals surface area contributed by atoms with Crippen molar-refractivity contribution < 1.29 is 14.0 Å². The molecule has 0 bridgehead atoms. The number of carbonyl (C=O) groups excluding carboxylic acids is 2. The zero-order valence-corrected chi connectivity index (χ0v) is 12.9. The molecule has 1 unspecified atom stereocenters. The van der Waals surface area contributed by atoms with E-state index < -0.39 is 11.1 Å². The van der Waals surface area contributed by atoms with E-state index in [9.17, 15) is 14.0 Å². The molecule has 0 aromatic heterocycles. The van der Waals surface area contributed by atoms with Crippen LogP contribution < -0.4 is 5.32 Å². The molecule has 1 aromatic carbocycles. The third kappa shape index (κ3) is 2.52. The summed E-state index contributed by atoms with van der Waals surface area (Å²) in [4.78, 5) is 26.6. The standard InChI is InChI=1S/C16H21FN2O2/c1-5-16(4)13(20)18-15(2,3)14(21)19(16)10-11-8-6-7-9-12(11)17/h6-9H,5,10H2,1-4H3,(H,18,20). The summed E-state index contributed by atoms with van der Waals surface area (Å²) in [6.07, 6.45) is 0.467. The predicted molar refractivity (Wildman–Crippen MR) is 77.9 cm³/mol. The normalized spacial score (nSPS) is 24.9. The minimum atomic E-state index is -0.975. The fourth-order valence-electron chi connectivity index (χ4n) is 2.55. The summed E-state index contributed by atoms with van der Waals surface area (Å²) in [5, 5.41) is 2.75. The first-order chi connectivity index (χ1) is 9.72. The molecule has 2 rings (SSSR count). The van der Waals surface area contributed by atoms with Crippen LogP contribution in [0.25, 0.3) is 0 Å². The lowest BCUT2D eigenvalue weighted by Gasteiger charge is -2.49. The van der Waals surface area contributed by atoms with Gasteiger partial charge in [-0.15, -0.1) is 0 Å². The van der Waals surface area contributed by atoms with Crippen molar-refractivity contribution in [1.29, 1.82) is 0 Å². The second-order valence-corrected chi connectivity index (χ2v) is 6.19. The zero-order valence-electron chi connectivity index (χ0n) is 12.9. The van der Waals surface area contributed by atoms with Crippen LogP contribution in [0.3, 0.4) is 0 Å². The molecule has 1 fully saturated rings. The van der Waals surface area contributed by atoms with Gasteiger partial charge in [-0.3, -0.25) is 9.59 Å². The molecule has 0 spiro atoms. The van der Waals surface area contributed by atoms with Gasteiger partial charge in [-0.2, -0.15) is 0 Å². The lowest BCUT2D eigenvalue weighted by atomic mass is 9.86. The van der Waals surface area contributed by atoms with Crippen LogP contribution in [0, 0.1) is 5.82 Å². The van der Waals surface area contributed by atoms with Crippen molar-refractivity contribution in [3.63, 3.8) is 0 Å². The Morgan fingerprint density at radius 2 is 1.81 bits per heavy atom. The molecule has 1 aliphatic rings. The second kappa shape index (κ2) is 5.13. The minimum Gasteiger partial charge on any atom is -0.340 e. The maximum Gasteiger partial charge on any atom is 0.248 e. The molecule has 21 heavy (non-hydrogen) atoms. The van der Waals surface area contributed by atoms with Crippen molar-refractivity contribution in [2.75, 3.05) is 0 Å². The van der Waals surface area contributed by atoms with Gasteiger partial charge < -0.3 is 10.2 Å². The Morgan fingerprint density at radius 1 is 1.19 bits per heavy atom. The quantitative estimate of drug-likeness (QED) is 0.928. The van der Waals surface area contributed by atoms with Crippen molar-refractivity contribution >= 4 is 11.8 Å². The van der Waals surface area contributed by atoms with E-state index >= 15 is 0 Å². The summed E-state index contributed by atoms with van der Waals surface area (Å²) in [7, 11) is 0. The molecule has 1 heterocycles. The van der Waals surface area contributed by atoms with Gasteiger partial charge in [0.15, 0.2) is 0 Å². The van der Waals surface area contributed by atoms with Gasteiger partial charge in [0.05, 0.1) is 0 Å². The molecule has 1 aliphatic heterocycles. The summed E-state index contributed by atoms with van der Waals surface area (Å²) in [5.41, 5.74) is -1.53. The molecule has 1 saturated heterocycles. The fraction of sp³-hybridized carbons (Fsp3) is 0.500. The molecule has 1 aromatic rings. The zero-order chi connectivity index (χ0) is 15.8. The molecule has 0 saturated carbocycles. The third-order valence-electron chi connectivity index (χ3n) is 4.27. The molecule has 1 N–H and O–H groups in total. The second-order valence-electron chi connectivity index (χ2n) is 6.19. The summed E-state index contributed by atoms with van der Waals surface area (Å²) >= 11 is 0. The number of carbonyl (C=O) groups is 2. The van der Waals surface area contributed by atoms with E-state index in [-0.39, 0.29) is 24.2 Å². The SMILES string of the molecule is CCC1(C)C(=O)NC(C)(C)C(=O)N1Cc1ccccc1F. The van der Waals surface area contributed by atoms with E-state index in [0.29, 0.717) is 12.0 Å². The Labute approximate surface area is 124 Å². The van der Waals surface area contributed by atoms with Gasteiger partial charge in [0.2, 0.25) is 11.8 Å². The Morgan fingerprint density at radius 3 is 2.38 bits per heavy atom. The van der Waals surface area contributed by atoms with Crippen molar-refractivity contribution in [1.82, 2.24) is 10.2 Å². The number of hydrogen-bond donors (Lipinski definition) is 1. The molecular formula is C16H21FN2O2. The number of rotatable bonds is 3. The average Bonchev–Trinajstić information content (AvgIpc) is 2.43. The number of amides is 2.